The van der Waals surface area contributed by atoms with Gasteiger partial charge in [-0.25, -0.2) is 13.1 Å². The van der Waals surface area contributed by atoms with E-state index in [1.165, 1.54) is 6.07 Å². The van der Waals surface area contributed by atoms with Crippen LogP contribution in [0.4, 0.5) is 0 Å². The van der Waals surface area contributed by atoms with Gasteiger partial charge >= 0.3 is 0 Å². The molecule has 1 heterocycles. The van der Waals surface area contributed by atoms with Gasteiger partial charge in [0.1, 0.15) is 9.23 Å². The Balaban J connectivity index is 2.82. The Hall–Kier alpha value is 0.670. The Morgan fingerprint density at radius 3 is 2.62 bits per heavy atom. The standard InChI is InChI=1S/C8H10BrCl2NO2S2/c1-5(3-9)4-12-16(13,14)6-2-7(10)15-8(6)11/h2,5,12H,3-4H2,1H3. The topological polar surface area (TPSA) is 46.2 Å². The average Bonchev–Trinajstić information content (AvgIpc) is 2.55. The first-order valence-electron chi connectivity index (χ1n) is 4.37. The molecule has 1 atom stereocenters. The Bertz CT molecular complexity index is 461. The van der Waals surface area contributed by atoms with Crippen LogP contribution < -0.4 is 4.72 Å². The van der Waals surface area contributed by atoms with Crippen LogP contribution >= 0.6 is 50.5 Å². The smallest absolute Gasteiger partial charge is 0.211 e. The first kappa shape index (κ1) is 14.7. The van der Waals surface area contributed by atoms with Gasteiger partial charge in [-0.15, -0.1) is 11.3 Å². The minimum atomic E-state index is -3.55. The van der Waals surface area contributed by atoms with Crippen molar-refractivity contribution in [3.63, 3.8) is 0 Å². The lowest BCUT2D eigenvalue weighted by Gasteiger charge is -2.09. The maximum Gasteiger partial charge on any atom is 0.242 e. The number of hydrogen-bond acceptors (Lipinski definition) is 3. The lowest BCUT2D eigenvalue weighted by molar-refractivity contribution is 0.564. The molecule has 1 aromatic rings. The zero-order chi connectivity index (χ0) is 12.3. The normalized spacial score (nSPS) is 14.0. The minimum Gasteiger partial charge on any atom is -0.211 e. The summed E-state index contributed by atoms with van der Waals surface area (Å²) in [5.41, 5.74) is 0. The predicted molar refractivity (Wildman–Crippen MR) is 72.5 cm³/mol. The molecule has 0 saturated carbocycles. The molecule has 1 aromatic heterocycles. The second kappa shape index (κ2) is 6.02. The van der Waals surface area contributed by atoms with E-state index < -0.39 is 10.0 Å². The Labute approximate surface area is 117 Å². The summed E-state index contributed by atoms with van der Waals surface area (Å²) in [7, 11) is -3.55. The molecule has 1 rings (SSSR count). The molecule has 0 aliphatic rings. The molecule has 0 aliphatic heterocycles. The Kier molecular flexibility index (Phi) is 5.54. The quantitative estimate of drug-likeness (QED) is 0.812. The first-order chi connectivity index (χ1) is 7.36. The van der Waals surface area contributed by atoms with Crippen LogP contribution in [0.15, 0.2) is 11.0 Å². The highest BCUT2D eigenvalue weighted by atomic mass is 79.9. The summed E-state index contributed by atoms with van der Waals surface area (Å²) in [6, 6.07) is 1.36. The van der Waals surface area contributed by atoms with Crippen LogP contribution in [-0.2, 0) is 10.0 Å². The van der Waals surface area contributed by atoms with E-state index in [0.717, 1.165) is 16.7 Å². The molecule has 1 N–H and O–H groups in total. The molecule has 1 unspecified atom stereocenters. The number of halogens is 3. The van der Waals surface area contributed by atoms with Crippen molar-refractivity contribution < 1.29 is 8.42 Å². The van der Waals surface area contributed by atoms with Gasteiger partial charge < -0.3 is 0 Å². The van der Waals surface area contributed by atoms with Crippen molar-refractivity contribution >= 4 is 60.5 Å². The van der Waals surface area contributed by atoms with Gasteiger partial charge in [0.05, 0.1) is 4.34 Å². The summed E-state index contributed by atoms with van der Waals surface area (Å²) < 4.78 is 26.7. The van der Waals surface area contributed by atoms with E-state index in [0.29, 0.717) is 10.9 Å². The lowest BCUT2D eigenvalue weighted by Crippen LogP contribution is -2.28. The van der Waals surface area contributed by atoms with E-state index in [2.05, 4.69) is 20.7 Å². The highest BCUT2D eigenvalue weighted by molar-refractivity contribution is 9.09. The average molecular weight is 367 g/mol. The van der Waals surface area contributed by atoms with Crippen molar-refractivity contribution in [1.29, 1.82) is 0 Å². The summed E-state index contributed by atoms with van der Waals surface area (Å²) in [6.07, 6.45) is 0. The van der Waals surface area contributed by atoms with E-state index in [-0.39, 0.29) is 15.1 Å². The largest absolute Gasteiger partial charge is 0.242 e. The molecule has 0 amide bonds. The molecule has 0 bridgehead atoms. The Morgan fingerprint density at radius 1 is 1.56 bits per heavy atom. The highest BCUT2D eigenvalue weighted by Crippen LogP contribution is 2.34. The maximum atomic E-state index is 11.8. The van der Waals surface area contributed by atoms with Gasteiger partial charge in [0.15, 0.2) is 0 Å². The van der Waals surface area contributed by atoms with Gasteiger partial charge in [0, 0.05) is 11.9 Å². The fourth-order valence-electron chi connectivity index (χ4n) is 0.893. The molecule has 0 spiro atoms. The third-order valence-corrected chi connectivity index (χ3v) is 6.08. The zero-order valence-electron chi connectivity index (χ0n) is 8.34. The fourth-order valence-corrected chi connectivity index (χ4v) is 4.43. The van der Waals surface area contributed by atoms with Crippen molar-refractivity contribution in [2.75, 3.05) is 11.9 Å². The molecule has 92 valence electrons. The zero-order valence-corrected chi connectivity index (χ0v) is 13.1. The third-order valence-electron chi connectivity index (χ3n) is 1.80. The maximum absolute atomic E-state index is 11.8. The third kappa shape index (κ3) is 3.85. The number of alkyl halides is 1. The minimum absolute atomic E-state index is 0.0472. The summed E-state index contributed by atoms with van der Waals surface area (Å²) >= 11 is 15.8. The van der Waals surface area contributed by atoms with Crippen LogP contribution in [0.2, 0.25) is 8.67 Å². The molecular formula is C8H10BrCl2NO2S2. The van der Waals surface area contributed by atoms with E-state index in [4.69, 9.17) is 23.2 Å². The van der Waals surface area contributed by atoms with Gasteiger partial charge in [-0.2, -0.15) is 0 Å². The lowest BCUT2D eigenvalue weighted by atomic mass is 10.2. The van der Waals surface area contributed by atoms with Crippen LogP contribution in [0, 0.1) is 5.92 Å². The molecule has 0 saturated heterocycles. The van der Waals surface area contributed by atoms with E-state index >= 15 is 0 Å². The monoisotopic (exact) mass is 365 g/mol. The number of sulfonamides is 1. The number of nitrogens with one attached hydrogen (secondary N) is 1. The van der Waals surface area contributed by atoms with Gasteiger partial charge in [0.2, 0.25) is 10.0 Å². The number of hydrogen-bond donors (Lipinski definition) is 1. The summed E-state index contributed by atoms with van der Waals surface area (Å²) in [4.78, 5) is 0.0472. The van der Waals surface area contributed by atoms with Gasteiger partial charge in [-0.05, 0) is 12.0 Å². The molecule has 16 heavy (non-hydrogen) atoms. The summed E-state index contributed by atoms with van der Waals surface area (Å²) in [5.74, 6) is 0.211. The molecule has 0 fully saturated rings. The molecular weight excluding hydrogens is 357 g/mol. The molecule has 0 aliphatic carbocycles. The summed E-state index contributed by atoms with van der Waals surface area (Å²) in [5, 5.41) is 0.730. The highest BCUT2D eigenvalue weighted by Gasteiger charge is 2.21. The van der Waals surface area contributed by atoms with Crippen LogP contribution in [-0.4, -0.2) is 20.3 Å². The van der Waals surface area contributed by atoms with Gasteiger partial charge in [-0.3, -0.25) is 0 Å². The summed E-state index contributed by atoms with van der Waals surface area (Å²) in [6.45, 7) is 2.29. The second-order valence-electron chi connectivity index (χ2n) is 3.30. The van der Waals surface area contributed by atoms with Crippen molar-refractivity contribution in [3.05, 3.63) is 14.7 Å². The SMILES string of the molecule is CC(CBr)CNS(=O)(=O)c1cc(Cl)sc1Cl. The van der Waals surface area contributed by atoms with E-state index in [9.17, 15) is 8.42 Å². The van der Waals surface area contributed by atoms with Crippen LogP contribution in [0.5, 0.6) is 0 Å². The number of thiophene rings is 1. The Morgan fingerprint density at radius 2 is 2.19 bits per heavy atom. The van der Waals surface area contributed by atoms with Crippen molar-refractivity contribution in [3.8, 4) is 0 Å². The van der Waals surface area contributed by atoms with Gasteiger partial charge in [0.25, 0.3) is 0 Å². The number of rotatable bonds is 5. The fraction of sp³-hybridized carbons (Fsp3) is 0.500. The van der Waals surface area contributed by atoms with Crippen LogP contribution in [0.25, 0.3) is 0 Å². The molecule has 0 radical (unpaired) electrons. The van der Waals surface area contributed by atoms with Crippen molar-refractivity contribution in [1.82, 2.24) is 4.72 Å². The van der Waals surface area contributed by atoms with Gasteiger partial charge in [-0.1, -0.05) is 46.1 Å². The van der Waals surface area contributed by atoms with Crippen LogP contribution in [0.3, 0.4) is 0 Å². The predicted octanol–water partition coefficient (Wildman–Crippen LogP) is 3.36. The van der Waals surface area contributed by atoms with E-state index in [1.54, 1.807) is 0 Å². The van der Waals surface area contributed by atoms with E-state index in [1.807, 2.05) is 6.92 Å². The first-order valence-corrected chi connectivity index (χ1v) is 8.55. The molecule has 8 heteroatoms. The second-order valence-corrected chi connectivity index (χ2v) is 7.97. The van der Waals surface area contributed by atoms with Crippen molar-refractivity contribution in [2.24, 2.45) is 5.92 Å². The van der Waals surface area contributed by atoms with Crippen LogP contribution in [0.1, 0.15) is 6.92 Å². The molecule has 3 nitrogen and oxygen atoms in total. The van der Waals surface area contributed by atoms with Crippen molar-refractivity contribution in [2.45, 2.75) is 11.8 Å². The molecule has 0 aromatic carbocycles.